The molecule has 6 nitrogen and oxygen atoms in total. The molecule has 122 valence electrons. The lowest BCUT2D eigenvalue weighted by atomic mass is 9.99. The fourth-order valence-electron chi connectivity index (χ4n) is 2.73. The molecule has 0 fully saturated rings. The van der Waals surface area contributed by atoms with Crippen LogP contribution in [0.25, 0.3) is 0 Å². The molecule has 6 heteroatoms. The van der Waals surface area contributed by atoms with Gasteiger partial charge in [0.15, 0.2) is 0 Å². The molecule has 24 heavy (non-hydrogen) atoms. The number of hydrogen-bond acceptors (Lipinski definition) is 5. The van der Waals surface area contributed by atoms with Crippen molar-refractivity contribution < 1.29 is 9.84 Å². The highest BCUT2D eigenvalue weighted by Gasteiger charge is 2.25. The van der Waals surface area contributed by atoms with E-state index in [1.807, 2.05) is 18.2 Å². The number of phenols is 1. The molecule has 0 amide bonds. The third-order valence-corrected chi connectivity index (χ3v) is 3.83. The number of anilines is 1. The van der Waals surface area contributed by atoms with Crippen molar-refractivity contribution in [3.63, 3.8) is 0 Å². The quantitative estimate of drug-likeness (QED) is 0.586. The second-order valence-corrected chi connectivity index (χ2v) is 5.46. The van der Waals surface area contributed by atoms with E-state index in [0.717, 1.165) is 16.8 Å². The Hall–Kier alpha value is -3.15. The molecule has 0 radical (unpaired) electrons. The van der Waals surface area contributed by atoms with E-state index in [-0.39, 0.29) is 24.0 Å². The summed E-state index contributed by atoms with van der Waals surface area (Å²) >= 11 is 0. The first-order valence-electron chi connectivity index (χ1n) is 7.46. The molecule has 3 rings (SSSR count). The zero-order valence-electron chi connectivity index (χ0n) is 13.5. The van der Waals surface area contributed by atoms with Crippen LogP contribution in [-0.4, -0.2) is 36.1 Å². The number of nitrogens with one attached hydrogen (secondary N) is 2. The van der Waals surface area contributed by atoms with Crippen molar-refractivity contribution in [2.24, 2.45) is 4.99 Å². The second kappa shape index (κ2) is 6.16. The summed E-state index contributed by atoms with van der Waals surface area (Å²) in [5, 5.41) is 25.8. The number of nitrogens with zero attached hydrogens (tertiary/aromatic N) is 2. The molecule has 3 N–H and O–H groups in total. The number of phenolic OH excluding ortho intramolecular Hbond substituents is 1. The number of fused-ring (bicyclic) bond motifs is 1. The zero-order valence-corrected chi connectivity index (χ0v) is 13.5. The summed E-state index contributed by atoms with van der Waals surface area (Å²) in [7, 11) is 1.59. The number of benzodiazepines with no additional fused rings is 1. The van der Waals surface area contributed by atoms with E-state index in [9.17, 15) is 5.11 Å². The fourth-order valence-corrected chi connectivity index (χ4v) is 2.73. The minimum Gasteiger partial charge on any atom is -0.508 e. The molecular weight excluding hydrogens is 304 g/mol. The Morgan fingerprint density at radius 3 is 2.54 bits per heavy atom. The van der Waals surface area contributed by atoms with Crippen LogP contribution in [0, 0.1) is 10.8 Å². The van der Waals surface area contributed by atoms with Crippen LogP contribution in [0.2, 0.25) is 0 Å². The smallest absolute Gasteiger partial charge is 0.128 e. The molecule has 0 unspecified atom stereocenters. The van der Waals surface area contributed by atoms with E-state index < -0.39 is 0 Å². The van der Waals surface area contributed by atoms with Gasteiger partial charge in [-0.2, -0.15) is 0 Å². The standard InChI is InChI=1S/C18H18N4O2/c1-11(19)22-16-8-7-14(24-2)9-15(16)18(21-10-17(22)20)12-3-5-13(23)6-4-12/h3-9,19-20,23H,10H2,1-2H3. The number of ether oxygens (including phenoxy) is 1. The molecule has 0 aliphatic carbocycles. The van der Waals surface area contributed by atoms with Crippen LogP contribution in [0.5, 0.6) is 11.5 Å². The predicted molar refractivity (Wildman–Crippen MR) is 95.2 cm³/mol. The van der Waals surface area contributed by atoms with Gasteiger partial charge >= 0.3 is 0 Å². The van der Waals surface area contributed by atoms with Gasteiger partial charge in [-0.15, -0.1) is 0 Å². The van der Waals surface area contributed by atoms with Gasteiger partial charge in [0.1, 0.15) is 23.2 Å². The van der Waals surface area contributed by atoms with Crippen LogP contribution in [-0.2, 0) is 0 Å². The molecule has 0 atom stereocenters. The SMILES string of the molecule is COc1ccc2c(c1)C(c1ccc(O)cc1)=NCC(=N)N2C(C)=N. The maximum atomic E-state index is 9.51. The van der Waals surface area contributed by atoms with E-state index in [2.05, 4.69) is 4.99 Å². The summed E-state index contributed by atoms with van der Waals surface area (Å²) in [4.78, 5) is 6.15. The van der Waals surface area contributed by atoms with Crippen molar-refractivity contribution in [1.82, 2.24) is 0 Å². The Kier molecular flexibility index (Phi) is 4.04. The van der Waals surface area contributed by atoms with Gasteiger partial charge in [-0.25, -0.2) is 0 Å². The third kappa shape index (κ3) is 2.74. The Balaban J connectivity index is 2.23. The van der Waals surface area contributed by atoms with Gasteiger partial charge in [0, 0.05) is 11.1 Å². The number of benzene rings is 2. The van der Waals surface area contributed by atoms with Crippen LogP contribution in [0.3, 0.4) is 0 Å². The van der Waals surface area contributed by atoms with Gasteiger partial charge in [-0.1, -0.05) is 0 Å². The summed E-state index contributed by atoms with van der Waals surface area (Å²) in [5.41, 5.74) is 3.04. The van der Waals surface area contributed by atoms with Crippen molar-refractivity contribution in [2.45, 2.75) is 6.92 Å². The largest absolute Gasteiger partial charge is 0.508 e. The second-order valence-electron chi connectivity index (χ2n) is 5.46. The average molecular weight is 322 g/mol. The van der Waals surface area contributed by atoms with Gasteiger partial charge in [0.25, 0.3) is 0 Å². The number of methoxy groups -OCH3 is 1. The predicted octanol–water partition coefficient (Wildman–Crippen LogP) is 3.03. The van der Waals surface area contributed by atoms with Crippen LogP contribution in [0.1, 0.15) is 18.1 Å². The maximum Gasteiger partial charge on any atom is 0.128 e. The zero-order chi connectivity index (χ0) is 17.3. The topological polar surface area (TPSA) is 92.8 Å². The Bertz CT molecular complexity index is 841. The van der Waals surface area contributed by atoms with Gasteiger partial charge in [0.05, 0.1) is 25.1 Å². The summed E-state index contributed by atoms with van der Waals surface area (Å²) in [6.45, 7) is 1.82. The molecule has 0 saturated heterocycles. The number of aliphatic imine (C=N–C) groups is 1. The minimum absolute atomic E-state index is 0.170. The number of rotatable bonds is 2. The Labute approximate surface area is 140 Å². The molecule has 2 aromatic rings. The molecule has 0 saturated carbocycles. The Morgan fingerprint density at radius 1 is 1.21 bits per heavy atom. The lowest BCUT2D eigenvalue weighted by Gasteiger charge is -2.24. The molecule has 2 aromatic carbocycles. The molecule has 1 aliphatic rings. The molecular formula is C18H18N4O2. The van der Waals surface area contributed by atoms with Crippen molar-refractivity contribution in [2.75, 3.05) is 18.6 Å². The minimum atomic E-state index is 0.170. The summed E-state index contributed by atoms with van der Waals surface area (Å²) in [6.07, 6.45) is 0. The first-order chi connectivity index (χ1) is 11.5. The van der Waals surface area contributed by atoms with E-state index in [1.54, 1.807) is 43.2 Å². The lowest BCUT2D eigenvalue weighted by Crippen LogP contribution is -2.35. The van der Waals surface area contributed by atoms with Gasteiger partial charge in [-0.3, -0.25) is 20.7 Å². The summed E-state index contributed by atoms with van der Waals surface area (Å²) in [6, 6.07) is 12.3. The molecule has 0 aromatic heterocycles. The van der Waals surface area contributed by atoms with Gasteiger partial charge in [-0.05, 0) is 49.4 Å². The van der Waals surface area contributed by atoms with E-state index >= 15 is 0 Å². The molecule has 0 bridgehead atoms. The molecule has 0 spiro atoms. The third-order valence-electron chi connectivity index (χ3n) is 3.83. The lowest BCUT2D eigenvalue weighted by molar-refractivity contribution is 0.415. The van der Waals surface area contributed by atoms with Crippen LogP contribution in [0.15, 0.2) is 47.5 Å². The average Bonchev–Trinajstić information content (AvgIpc) is 2.71. The monoisotopic (exact) mass is 322 g/mol. The van der Waals surface area contributed by atoms with E-state index in [4.69, 9.17) is 15.6 Å². The first kappa shape index (κ1) is 15.7. The van der Waals surface area contributed by atoms with E-state index in [1.165, 1.54) is 0 Å². The van der Waals surface area contributed by atoms with Crippen molar-refractivity contribution in [1.29, 1.82) is 10.8 Å². The Morgan fingerprint density at radius 2 is 1.92 bits per heavy atom. The van der Waals surface area contributed by atoms with Gasteiger partial charge in [0.2, 0.25) is 0 Å². The highest BCUT2D eigenvalue weighted by atomic mass is 16.5. The molecule has 1 heterocycles. The van der Waals surface area contributed by atoms with Crippen molar-refractivity contribution in [3.8, 4) is 11.5 Å². The van der Waals surface area contributed by atoms with Crippen LogP contribution < -0.4 is 9.64 Å². The maximum absolute atomic E-state index is 9.51. The number of hydrogen-bond donors (Lipinski definition) is 3. The highest BCUT2D eigenvalue weighted by molar-refractivity contribution is 6.25. The highest BCUT2D eigenvalue weighted by Crippen LogP contribution is 2.31. The van der Waals surface area contributed by atoms with Gasteiger partial charge < -0.3 is 9.84 Å². The number of aromatic hydroxyl groups is 1. The van der Waals surface area contributed by atoms with Crippen molar-refractivity contribution >= 4 is 23.1 Å². The summed E-state index contributed by atoms with van der Waals surface area (Å²) in [5.74, 6) is 1.36. The van der Waals surface area contributed by atoms with Crippen molar-refractivity contribution in [3.05, 3.63) is 53.6 Å². The normalized spacial score (nSPS) is 13.8. The first-order valence-corrected chi connectivity index (χ1v) is 7.46. The van der Waals surface area contributed by atoms with E-state index in [0.29, 0.717) is 11.5 Å². The number of amidine groups is 2. The van der Waals surface area contributed by atoms with Crippen LogP contribution >= 0.6 is 0 Å². The molecule has 1 aliphatic heterocycles. The van der Waals surface area contributed by atoms with Crippen LogP contribution in [0.4, 0.5) is 5.69 Å². The fraction of sp³-hybridized carbons (Fsp3) is 0.167. The summed E-state index contributed by atoms with van der Waals surface area (Å²) < 4.78 is 5.33.